The standard InChI is InChI=1S/C15H14FNO/c16-13-6-5-12(15(18)9-13)10-17-8-7-11-3-1-2-4-14(11)17/h1-6,9,18H,7-8,10H2. The van der Waals surface area contributed by atoms with Crippen molar-refractivity contribution in [3.63, 3.8) is 0 Å². The van der Waals surface area contributed by atoms with Crippen LogP contribution in [0.1, 0.15) is 11.1 Å². The lowest BCUT2D eigenvalue weighted by atomic mass is 10.1. The first-order valence-electron chi connectivity index (χ1n) is 6.04. The largest absolute Gasteiger partial charge is 0.507 e. The summed E-state index contributed by atoms with van der Waals surface area (Å²) in [6, 6.07) is 12.5. The second-order valence-electron chi connectivity index (χ2n) is 4.57. The number of phenolic OH excluding ortho intramolecular Hbond substituents is 1. The molecule has 0 saturated carbocycles. The monoisotopic (exact) mass is 243 g/mol. The van der Waals surface area contributed by atoms with Gasteiger partial charge in [-0.05, 0) is 24.1 Å². The van der Waals surface area contributed by atoms with Crippen LogP contribution in [-0.4, -0.2) is 11.7 Å². The smallest absolute Gasteiger partial charge is 0.126 e. The molecule has 0 spiro atoms. The maximum Gasteiger partial charge on any atom is 0.126 e. The molecule has 1 heterocycles. The highest BCUT2D eigenvalue weighted by molar-refractivity contribution is 5.58. The first-order chi connectivity index (χ1) is 8.74. The minimum absolute atomic E-state index is 0.0272. The highest BCUT2D eigenvalue weighted by Gasteiger charge is 2.19. The molecule has 1 N–H and O–H groups in total. The number of rotatable bonds is 2. The van der Waals surface area contributed by atoms with Gasteiger partial charge in [0.25, 0.3) is 0 Å². The summed E-state index contributed by atoms with van der Waals surface area (Å²) in [5.74, 6) is -0.377. The molecule has 2 aromatic carbocycles. The van der Waals surface area contributed by atoms with Gasteiger partial charge in [-0.3, -0.25) is 0 Å². The molecule has 0 aliphatic carbocycles. The van der Waals surface area contributed by atoms with Gasteiger partial charge in [-0.2, -0.15) is 0 Å². The summed E-state index contributed by atoms with van der Waals surface area (Å²) in [5.41, 5.74) is 3.30. The molecule has 0 aromatic heterocycles. The Morgan fingerprint density at radius 3 is 2.83 bits per heavy atom. The summed E-state index contributed by atoms with van der Waals surface area (Å²) in [7, 11) is 0. The van der Waals surface area contributed by atoms with Gasteiger partial charge < -0.3 is 10.0 Å². The van der Waals surface area contributed by atoms with Crippen LogP contribution in [0, 0.1) is 5.82 Å². The molecule has 2 nitrogen and oxygen atoms in total. The minimum Gasteiger partial charge on any atom is -0.507 e. The minimum atomic E-state index is -0.405. The highest BCUT2D eigenvalue weighted by atomic mass is 19.1. The molecule has 18 heavy (non-hydrogen) atoms. The Bertz CT molecular complexity index is 582. The van der Waals surface area contributed by atoms with Gasteiger partial charge >= 0.3 is 0 Å². The third-order valence-corrected chi connectivity index (χ3v) is 3.39. The Hall–Kier alpha value is -2.03. The molecule has 0 amide bonds. The molecular weight excluding hydrogens is 229 g/mol. The van der Waals surface area contributed by atoms with E-state index in [1.807, 2.05) is 12.1 Å². The van der Waals surface area contributed by atoms with Crippen LogP contribution in [0.3, 0.4) is 0 Å². The van der Waals surface area contributed by atoms with Gasteiger partial charge in [-0.25, -0.2) is 4.39 Å². The average Bonchev–Trinajstić information content (AvgIpc) is 2.76. The average molecular weight is 243 g/mol. The fourth-order valence-corrected chi connectivity index (χ4v) is 2.45. The lowest BCUT2D eigenvalue weighted by Crippen LogP contribution is -2.19. The first-order valence-corrected chi connectivity index (χ1v) is 6.04. The van der Waals surface area contributed by atoms with Crippen molar-refractivity contribution in [1.82, 2.24) is 0 Å². The third-order valence-electron chi connectivity index (χ3n) is 3.39. The van der Waals surface area contributed by atoms with Gasteiger partial charge in [0.2, 0.25) is 0 Å². The van der Waals surface area contributed by atoms with Crippen LogP contribution >= 0.6 is 0 Å². The van der Waals surface area contributed by atoms with E-state index in [-0.39, 0.29) is 5.75 Å². The van der Waals surface area contributed by atoms with Crippen LogP contribution in [0.4, 0.5) is 10.1 Å². The van der Waals surface area contributed by atoms with E-state index in [4.69, 9.17) is 0 Å². The van der Waals surface area contributed by atoms with Crippen LogP contribution in [0.15, 0.2) is 42.5 Å². The fraction of sp³-hybridized carbons (Fsp3) is 0.200. The molecule has 0 bridgehead atoms. The topological polar surface area (TPSA) is 23.5 Å². The predicted octanol–water partition coefficient (Wildman–Crippen LogP) is 3.09. The molecule has 0 unspecified atom stereocenters. The number of phenols is 1. The number of hydrogen-bond donors (Lipinski definition) is 1. The van der Waals surface area contributed by atoms with E-state index in [0.29, 0.717) is 6.54 Å². The Morgan fingerprint density at radius 2 is 2.00 bits per heavy atom. The Labute approximate surface area is 105 Å². The molecule has 3 heteroatoms. The lowest BCUT2D eigenvalue weighted by molar-refractivity contribution is 0.461. The number of aromatic hydroxyl groups is 1. The lowest BCUT2D eigenvalue weighted by Gasteiger charge is -2.20. The van der Waals surface area contributed by atoms with Crippen molar-refractivity contribution < 1.29 is 9.50 Å². The van der Waals surface area contributed by atoms with E-state index in [1.54, 1.807) is 6.07 Å². The zero-order chi connectivity index (χ0) is 12.5. The van der Waals surface area contributed by atoms with Gasteiger partial charge in [0.05, 0.1) is 0 Å². The zero-order valence-electron chi connectivity index (χ0n) is 9.94. The quantitative estimate of drug-likeness (QED) is 0.876. The number of nitrogens with zero attached hydrogens (tertiary/aromatic N) is 1. The molecule has 2 aromatic rings. The van der Waals surface area contributed by atoms with Crippen LogP contribution in [0.5, 0.6) is 5.75 Å². The Kier molecular flexibility index (Phi) is 2.67. The zero-order valence-corrected chi connectivity index (χ0v) is 9.94. The van der Waals surface area contributed by atoms with Crippen molar-refractivity contribution in [1.29, 1.82) is 0 Å². The molecule has 1 aliphatic heterocycles. The van der Waals surface area contributed by atoms with E-state index < -0.39 is 5.82 Å². The van der Waals surface area contributed by atoms with Crippen molar-refractivity contribution in [3.8, 4) is 5.75 Å². The van der Waals surface area contributed by atoms with Crippen LogP contribution in [0.2, 0.25) is 0 Å². The SMILES string of the molecule is Oc1cc(F)ccc1CN1CCc2ccccc21. The summed E-state index contributed by atoms with van der Waals surface area (Å²) in [6.45, 7) is 1.55. The molecule has 1 aliphatic rings. The van der Waals surface area contributed by atoms with Crippen molar-refractivity contribution in [3.05, 3.63) is 59.4 Å². The van der Waals surface area contributed by atoms with E-state index in [0.717, 1.165) is 24.6 Å². The first kappa shape index (κ1) is 11.1. The van der Waals surface area contributed by atoms with Crippen LogP contribution in [-0.2, 0) is 13.0 Å². The van der Waals surface area contributed by atoms with Gasteiger partial charge in [0.15, 0.2) is 0 Å². The molecular formula is C15H14FNO. The van der Waals surface area contributed by atoms with Gasteiger partial charge in [0.1, 0.15) is 11.6 Å². The van der Waals surface area contributed by atoms with Gasteiger partial charge in [-0.1, -0.05) is 24.3 Å². The fourth-order valence-electron chi connectivity index (χ4n) is 2.45. The van der Waals surface area contributed by atoms with Crippen LogP contribution < -0.4 is 4.90 Å². The van der Waals surface area contributed by atoms with Crippen molar-refractivity contribution in [2.75, 3.05) is 11.4 Å². The number of halogens is 1. The summed E-state index contributed by atoms with van der Waals surface area (Å²) in [6.07, 6.45) is 1.03. The number of hydrogen-bond acceptors (Lipinski definition) is 2. The van der Waals surface area contributed by atoms with Crippen LogP contribution in [0.25, 0.3) is 0 Å². The van der Waals surface area contributed by atoms with E-state index in [9.17, 15) is 9.50 Å². The normalized spacial score (nSPS) is 13.7. The van der Waals surface area contributed by atoms with Gasteiger partial charge in [-0.15, -0.1) is 0 Å². The summed E-state index contributed by atoms with van der Waals surface area (Å²) in [5, 5.41) is 9.73. The number of benzene rings is 2. The van der Waals surface area contributed by atoms with E-state index in [2.05, 4.69) is 17.0 Å². The van der Waals surface area contributed by atoms with E-state index in [1.165, 1.54) is 17.3 Å². The Balaban J connectivity index is 1.86. The van der Waals surface area contributed by atoms with Gasteiger partial charge in [0, 0.05) is 30.4 Å². The second kappa shape index (κ2) is 4.33. The highest BCUT2D eigenvalue weighted by Crippen LogP contribution is 2.30. The molecule has 3 rings (SSSR count). The molecule has 92 valence electrons. The molecule has 0 saturated heterocycles. The summed E-state index contributed by atoms with van der Waals surface area (Å²) >= 11 is 0. The Morgan fingerprint density at radius 1 is 1.17 bits per heavy atom. The number of para-hydroxylation sites is 1. The number of fused-ring (bicyclic) bond motifs is 1. The maximum atomic E-state index is 12.9. The number of anilines is 1. The molecule has 0 atom stereocenters. The molecule has 0 radical (unpaired) electrons. The van der Waals surface area contributed by atoms with Crippen molar-refractivity contribution >= 4 is 5.69 Å². The van der Waals surface area contributed by atoms with Crippen molar-refractivity contribution in [2.24, 2.45) is 0 Å². The second-order valence-corrected chi connectivity index (χ2v) is 4.57. The van der Waals surface area contributed by atoms with E-state index >= 15 is 0 Å². The third kappa shape index (κ3) is 1.92. The summed E-state index contributed by atoms with van der Waals surface area (Å²) < 4.78 is 12.9. The molecule has 0 fully saturated rings. The van der Waals surface area contributed by atoms with Crippen molar-refractivity contribution in [2.45, 2.75) is 13.0 Å². The maximum absolute atomic E-state index is 12.9. The predicted molar refractivity (Wildman–Crippen MR) is 69.3 cm³/mol. The summed E-state index contributed by atoms with van der Waals surface area (Å²) in [4.78, 5) is 2.21.